The van der Waals surface area contributed by atoms with Crippen LogP contribution in [0, 0.1) is 22.7 Å². The zero-order chi connectivity index (χ0) is 15.0. The third kappa shape index (κ3) is 2.68. The van der Waals surface area contributed by atoms with Crippen LogP contribution in [0.15, 0.2) is 0 Å². The highest BCUT2D eigenvalue weighted by molar-refractivity contribution is 5.91. The molecule has 0 saturated heterocycles. The van der Waals surface area contributed by atoms with Crippen LogP contribution < -0.4 is 5.32 Å². The first-order valence-corrected chi connectivity index (χ1v) is 7.45. The first kappa shape index (κ1) is 15.3. The van der Waals surface area contributed by atoms with Crippen LogP contribution in [0.3, 0.4) is 0 Å². The summed E-state index contributed by atoms with van der Waals surface area (Å²) in [5.74, 6) is -2.11. The molecule has 0 spiro atoms. The number of amides is 1. The van der Waals surface area contributed by atoms with E-state index in [1.807, 2.05) is 13.8 Å². The minimum absolute atomic E-state index is 0.0870. The SMILES string of the molecule is CC1(C)[C@H](C(=O)O)[C@@H]1C(=O)NCC1(CO)CCCCC1. The predicted octanol–water partition coefficient (Wildman–Crippen LogP) is 1.40. The fraction of sp³-hybridized carbons (Fsp3) is 0.867. The molecule has 0 heterocycles. The number of carbonyl (C=O) groups is 2. The molecule has 1 amide bonds. The van der Waals surface area contributed by atoms with Gasteiger partial charge in [0.1, 0.15) is 0 Å². The number of carboxylic acids is 1. The number of carboxylic acid groups (broad SMARTS) is 1. The summed E-state index contributed by atoms with van der Waals surface area (Å²) < 4.78 is 0. The van der Waals surface area contributed by atoms with E-state index in [0.29, 0.717) is 6.54 Å². The summed E-state index contributed by atoms with van der Waals surface area (Å²) in [5.41, 5.74) is -0.666. The number of hydrogen-bond acceptors (Lipinski definition) is 3. The monoisotopic (exact) mass is 283 g/mol. The van der Waals surface area contributed by atoms with Crippen molar-refractivity contribution in [3.05, 3.63) is 0 Å². The quantitative estimate of drug-likeness (QED) is 0.712. The zero-order valence-corrected chi connectivity index (χ0v) is 12.3. The molecular weight excluding hydrogens is 258 g/mol. The summed E-state index contributed by atoms with van der Waals surface area (Å²) in [7, 11) is 0. The van der Waals surface area contributed by atoms with Crippen molar-refractivity contribution in [2.45, 2.75) is 46.0 Å². The van der Waals surface area contributed by atoms with E-state index in [9.17, 15) is 14.7 Å². The van der Waals surface area contributed by atoms with Gasteiger partial charge < -0.3 is 15.5 Å². The Morgan fingerprint density at radius 2 is 1.75 bits per heavy atom. The normalized spacial score (nSPS) is 30.6. The van der Waals surface area contributed by atoms with Gasteiger partial charge >= 0.3 is 5.97 Å². The molecule has 0 aromatic rings. The van der Waals surface area contributed by atoms with Crippen molar-refractivity contribution in [3.63, 3.8) is 0 Å². The van der Waals surface area contributed by atoms with Gasteiger partial charge in [-0.2, -0.15) is 0 Å². The van der Waals surface area contributed by atoms with Gasteiger partial charge in [-0.1, -0.05) is 33.1 Å². The number of aliphatic carboxylic acids is 1. The van der Waals surface area contributed by atoms with E-state index in [2.05, 4.69) is 5.32 Å². The summed E-state index contributed by atoms with van der Waals surface area (Å²) in [6.45, 7) is 4.18. The van der Waals surface area contributed by atoms with E-state index >= 15 is 0 Å². The van der Waals surface area contributed by atoms with E-state index in [4.69, 9.17) is 5.11 Å². The van der Waals surface area contributed by atoms with Gasteiger partial charge in [0.25, 0.3) is 0 Å². The van der Waals surface area contributed by atoms with Crippen molar-refractivity contribution >= 4 is 11.9 Å². The first-order valence-electron chi connectivity index (χ1n) is 7.45. The molecule has 0 bridgehead atoms. The Hall–Kier alpha value is -1.10. The summed E-state index contributed by atoms with van der Waals surface area (Å²) in [5, 5.41) is 21.6. The molecule has 2 saturated carbocycles. The Morgan fingerprint density at radius 1 is 1.15 bits per heavy atom. The van der Waals surface area contributed by atoms with Gasteiger partial charge in [-0.25, -0.2) is 0 Å². The molecule has 0 aromatic heterocycles. The minimum atomic E-state index is -0.898. The minimum Gasteiger partial charge on any atom is -0.481 e. The van der Waals surface area contributed by atoms with Gasteiger partial charge in [0.2, 0.25) is 5.91 Å². The number of rotatable bonds is 5. The lowest BCUT2D eigenvalue weighted by atomic mass is 9.74. The second kappa shape index (κ2) is 5.35. The lowest BCUT2D eigenvalue weighted by molar-refractivity contribution is -0.140. The Bertz CT molecular complexity index is 399. The molecule has 114 valence electrons. The van der Waals surface area contributed by atoms with Crippen LogP contribution in [0.25, 0.3) is 0 Å². The molecular formula is C15H25NO4. The molecule has 2 fully saturated rings. The smallest absolute Gasteiger partial charge is 0.307 e. The number of carbonyl (C=O) groups excluding carboxylic acids is 1. The van der Waals surface area contributed by atoms with Gasteiger partial charge in [-0.05, 0) is 18.3 Å². The molecule has 5 heteroatoms. The Labute approximate surface area is 119 Å². The maximum absolute atomic E-state index is 12.2. The largest absolute Gasteiger partial charge is 0.481 e. The highest BCUT2D eigenvalue weighted by Crippen LogP contribution is 2.58. The highest BCUT2D eigenvalue weighted by atomic mass is 16.4. The topological polar surface area (TPSA) is 86.6 Å². The number of aliphatic hydroxyl groups excluding tert-OH is 1. The Balaban J connectivity index is 1.91. The third-order valence-corrected chi connectivity index (χ3v) is 5.26. The van der Waals surface area contributed by atoms with Crippen molar-refractivity contribution in [3.8, 4) is 0 Å². The molecule has 0 unspecified atom stereocenters. The Kier molecular flexibility index (Phi) is 4.09. The van der Waals surface area contributed by atoms with Crippen LogP contribution in [0.5, 0.6) is 0 Å². The van der Waals surface area contributed by atoms with Crippen molar-refractivity contribution in [1.29, 1.82) is 0 Å². The second-order valence-electron chi connectivity index (χ2n) is 7.05. The molecule has 2 rings (SSSR count). The van der Waals surface area contributed by atoms with Crippen LogP contribution in [0.1, 0.15) is 46.0 Å². The molecule has 0 radical (unpaired) electrons. The molecule has 3 N–H and O–H groups in total. The lowest BCUT2D eigenvalue weighted by Gasteiger charge is -2.35. The second-order valence-corrected chi connectivity index (χ2v) is 7.05. The van der Waals surface area contributed by atoms with Crippen molar-refractivity contribution < 1.29 is 19.8 Å². The maximum Gasteiger partial charge on any atom is 0.307 e. The van der Waals surface area contributed by atoms with Gasteiger partial charge in [0.15, 0.2) is 0 Å². The van der Waals surface area contributed by atoms with Crippen molar-refractivity contribution in [2.75, 3.05) is 13.2 Å². The van der Waals surface area contributed by atoms with E-state index in [1.54, 1.807) is 0 Å². The number of hydrogen-bond donors (Lipinski definition) is 3. The van der Waals surface area contributed by atoms with E-state index in [0.717, 1.165) is 25.7 Å². The maximum atomic E-state index is 12.2. The van der Waals surface area contributed by atoms with Gasteiger partial charge in [-0.15, -0.1) is 0 Å². The summed E-state index contributed by atoms with van der Waals surface area (Å²) in [4.78, 5) is 23.3. The third-order valence-electron chi connectivity index (χ3n) is 5.26. The molecule has 0 aliphatic heterocycles. The van der Waals surface area contributed by atoms with Crippen LogP contribution in [0.4, 0.5) is 0 Å². The fourth-order valence-corrected chi connectivity index (χ4v) is 3.67. The van der Waals surface area contributed by atoms with Crippen molar-refractivity contribution in [1.82, 2.24) is 5.32 Å². The summed E-state index contributed by atoms with van der Waals surface area (Å²) >= 11 is 0. The molecule has 2 atom stereocenters. The van der Waals surface area contributed by atoms with Crippen LogP contribution >= 0.6 is 0 Å². The fourth-order valence-electron chi connectivity index (χ4n) is 3.67. The number of aliphatic hydroxyl groups is 1. The van der Waals surface area contributed by atoms with E-state index < -0.39 is 23.2 Å². The van der Waals surface area contributed by atoms with E-state index in [1.165, 1.54) is 6.42 Å². The van der Waals surface area contributed by atoms with Crippen LogP contribution in [-0.4, -0.2) is 35.2 Å². The Morgan fingerprint density at radius 3 is 2.20 bits per heavy atom. The molecule has 0 aromatic carbocycles. The predicted molar refractivity (Wildman–Crippen MR) is 74.0 cm³/mol. The van der Waals surface area contributed by atoms with Crippen molar-refractivity contribution in [2.24, 2.45) is 22.7 Å². The molecule has 2 aliphatic carbocycles. The van der Waals surface area contributed by atoms with Crippen LogP contribution in [0.2, 0.25) is 0 Å². The summed E-state index contributed by atoms with van der Waals surface area (Å²) in [6.07, 6.45) is 5.22. The molecule has 20 heavy (non-hydrogen) atoms. The first-order chi connectivity index (χ1) is 9.34. The number of nitrogens with one attached hydrogen (secondary N) is 1. The highest BCUT2D eigenvalue weighted by Gasteiger charge is 2.65. The van der Waals surface area contributed by atoms with E-state index in [-0.39, 0.29) is 17.9 Å². The van der Waals surface area contributed by atoms with Gasteiger partial charge in [-0.3, -0.25) is 9.59 Å². The van der Waals surface area contributed by atoms with Crippen LogP contribution in [-0.2, 0) is 9.59 Å². The molecule has 5 nitrogen and oxygen atoms in total. The zero-order valence-electron chi connectivity index (χ0n) is 12.3. The van der Waals surface area contributed by atoms with Gasteiger partial charge in [0.05, 0.1) is 18.4 Å². The average Bonchev–Trinajstić information content (AvgIpc) is 3.00. The van der Waals surface area contributed by atoms with Gasteiger partial charge in [0, 0.05) is 12.0 Å². The molecule has 2 aliphatic rings. The average molecular weight is 283 g/mol. The standard InChI is InChI=1S/C15H25NO4/c1-14(2)10(11(14)13(19)20)12(18)16-8-15(9-17)6-4-3-5-7-15/h10-11,17H,3-9H2,1-2H3,(H,16,18)(H,19,20)/t10-,11+/m1/s1. The summed E-state index contributed by atoms with van der Waals surface area (Å²) in [6, 6.07) is 0. The lowest BCUT2D eigenvalue weighted by Crippen LogP contribution is -2.42.